The molecule has 3 rings (SSSR count). The molecule has 0 bridgehead atoms. The summed E-state index contributed by atoms with van der Waals surface area (Å²) < 4.78 is 0. The second-order valence-corrected chi connectivity index (χ2v) is 6.10. The molecule has 0 amide bonds. The van der Waals surface area contributed by atoms with Crippen molar-refractivity contribution in [2.75, 3.05) is 26.2 Å². The molecule has 0 unspecified atom stereocenters. The van der Waals surface area contributed by atoms with Gasteiger partial charge in [-0.25, -0.2) is 15.1 Å². The molecule has 6 heteroatoms. The van der Waals surface area contributed by atoms with Gasteiger partial charge in [0.1, 0.15) is 6.61 Å². The SMILES string of the molecule is CC(C)c1ccccc1N=C1NCCN1OCC1=CC=CCN1[O]. The first kappa shape index (κ1) is 16.5. The molecule has 0 atom stereocenters. The largest absolute Gasteiger partial charge is 0.352 e. The maximum Gasteiger partial charge on any atom is 0.223 e. The first-order valence-corrected chi connectivity index (χ1v) is 8.27. The van der Waals surface area contributed by atoms with E-state index in [0.717, 1.165) is 17.3 Å². The maximum absolute atomic E-state index is 11.7. The molecule has 127 valence electrons. The fraction of sp³-hybridized carbons (Fsp3) is 0.389. The number of aliphatic imine (C=N–C) groups is 1. The van der Waals surface area contributed by atoms with Crippen molar-refractivity contribution in [1.82, 2.24) is 15.4 Å². The lowest BCUT2D eigenvalue weighted by Gasteiger charge is -2.22. The normalized spacial score (nSPS) is 19.2. The molecule has 1 saturated heterocycles. The molecule has 2 aliphatic rings. The van der Waals surface area contributed by atoms with Gasteiger partial charge in [0, 0.05) is 6.54 Å². The number of rotatable bonds is 5. The smallest absolute Gasteiger partial charge is 0.223 e. The number of allylic oxidation sites excluding steroid dienone is 2. The standard InChI is InChI=1S/C18H23N4O2/c1-14(2)16-8-3-4-9-17(16)20-18-19-10-12-22(18)24-13-15-7-5-6-11-21(15)23/h3-9,14H,10-13H2,1-2H3,(H,19,20). The van der Waals surface area contributed by atoms with E-state index in [1.54, 1.807) is 11.1 Å². The van der Waals surface area contributed by atoms with Crippen molar-refractivity contribution in [3.05, 3.63) is 53.8 Å². The van der Waals surface area contributed by atoms with E-state index in [1.807, 2.05) is 30.4 Å². The predicted molar refractivity (Wildman–Crippen MR) is 92.9 cm³/mol. The highest BCUT2D eigenvalue weighted by molar-refractivity contribution is 5.84. The molecule has 0 saturated carbocycles. The summed E-state index contributed by atoms with van der Waals surface area (Å²) in [6.45, 7) is 6.38. The van der Waals surface area contributed by atoms with Gasteiger partial charge in [-0.3, -0.25) is 4.84 Å². The van der Waals surface area contributed by atoms with E-state index in [4.69, 9.17) is 9.83 Å². The van der Waals surface area contributed by atoms with Crippen LogP contribution in [0.2, 0.25) is 0 Å². The summed E-state index contributed by atoms with van der Waals surface area (Å²) in [5.74, 6) is 1.09. The van der Waals surface area contributed by atoms with Crippen LogP contribution in [0.4, 0.5) is 5.69 Å². The zero-order valence-corrected chi connectivity index (χ0v) is 14.1. The second kappa shape index (κ2) is 7.51. The minimum Gasteiger partial charge on any atom is -0.352 e. The summed E-state index contributed by atoms with van der Waals surface area (Å²) in [5.41, 5.74) is 2.76. The van der Waals surface area contributed by atoms with Gasteiger partial charge in [-0.15, -0.1) is 0 Å². The Labute approximate surface area is 142 Å². The van der Waals surface area contributed by atoms with Crippen LogP contribution >= 0.6 is 0 Å². The van der Waals surface area contributed by atoms with Gasteiger partial charge in [0.05, 0.1) is 24.5 Å². The third kappa shape index (κ3) is 3.77. The molecule has 6 nitrogen and oxygen atoms in total. The maximum atomic E-state index is 11.7. The molecule has 0 aliphatic carbocycles. The number of nitrogens with one attached hydrogen (secondary N) is 1. The Hall–Kier alpha value is -2.31. The fourth-order valence-corrected chi connectivity index (χ4v) is 2.68. The van der Waals surface area contributed by atoms with E-state index >= 15 is 0 Å². The quantitative estimate of drug-likeness (QED) is 0.903. The van der Waals surface area contributed by atoms with Crippen LogP contribution in [0, 0.1) is 0 Å². The molecular weight excluding hydrogens is 304 g/mol. The lowest BCUT2D eigenvalue weighted by atomic mass is 10.0. The number of hydrogen-bond donors (Lipinski definition) is 1. The second-order valence-electron chi connectivity index (χ2n) is 6.10. The zero-order valence-electron chi connectivity index (χ0n) is 14.1. The van der Waals surface area contributed by atoms with Gasteiger partial charge >= 0.3 is 0 Å². The van der Waals surface area contributed by atoms with Crippen LogP contribution in [0.25, 0.3) is 0 Å². The van der Waals surface area contributed by atoms with Crippen LogP contribution < -0.4 is 5.32 Å². The molecule has 1 N–H and O–H groups in total. The first-order chi connectivity index (χ1) is 11.6. The van der Waals surface area contributed by atoms with Crippen molar-refractivity contribution >= 4 is 11.6 Å². The minimum atomic E-state index is 0.236. The number of benzene rings is 1. The summed E-state index contributed by atoms with van der Waals surface area (Å²) in [5, 5.41) is 17.7. The summed E-state index contributed by atoms with van der Waals surface area (Å²) >= 11 is 0. The Morgan fingerprint density at radius 3 is 2.96 bits per heavy atom. The zero-order chi connectivity index (χ0) is 16.9. The van der Waals surface area contributed by atoms with Crippen molar-refractivity contribution in [2.45, 2.75) is 19.8 Å². The molecule has 2 aliphatic heterocycles. The number of guanidine groups is 1. The van der Waals surface area contributed by atoms with Gasteiger partial charge in [0.2, 0.25) is 5.96 Å². The predicted octanol–water partition coefficient (Wildman–Crippen LogP) is 2.74. The van der Waals surface area contributed by atoms with Crippen LogP contribution in [-0.2, 0) is 10.0 Å². The lowest BCUT2D eigenvalue weighted by molar-refractivity contribution is -0.148. The summed E-state index contributed by atoms with van der Waals surface area (Å²) in [6.07, 6.45) is 5.48. The minimum absolute atomic E-state index is 0.236. The molecular formula is C18H23N4O2. The summed E-state index contributed by atoms with van der Waals surface area (Å²) in [4.78, 5) is 10.5. The molecule has 1 radical (unpaired) electrons. The van der Waals surface area contributed by atoms with Crippen LogP contribution in [0.3, 0.4) is 0 Å². The van der Waals surface area contributed by atoms with Crippen LogP contribution in [-0.4, -0.2) is 42.3 Å². The fourth-order valence-electron chi connectivity index (χ4n) is 2.68. The molecule has 2 heterocycles. The van der Waals surface area contributed by atoms with Gasteiger partial charge in [-0.2, -0.15) is 0 Å². The molecule has 24 heavy (non-hydrogen) atoms. The van der Waals surface area contributed by atoms with Crippen LogP contribution in [0.1, 0.15) is 25.3 Å². The lowest BCUT2D eigenvalue weighted by Crippen LogP contribution is -2.33. The number of hydroxylamine groups is 4. The van der Waals surface area contributed by atoms with E-state index < -0.39 is 0 Å². The Morgan fingerprint density at radius 2 is 2.17 bits per heavy atom. The Balaban J connectivity index is 1.71. The Kier molecular flexibility index (Phi) is 5.17. The van der Waals surface area contributed by atoms with Gasteiger partial charge in [0.15, 0.2) is 0 Å². The summed E-state index contributed by atoms with van der Waals surface area (Å²) in [6, 6.07) is 8.12. The van der Waals surface area contributed by atoms with Gasteiger partial charge in [-0.1, -0.05) is 49.4 Å². The highest BCUT2D eigenvalue weighted by Gasteiger charge is 2.21. The van der Waals surface area contributed by atoms with E-state index in [1.165, 1.54) is 5.56 Å². The molecule has 0 aromatic heterocycles. The molecule has 1 aromatic carbocycles. The number of nitrogens with zero attached hydrogens (tertiary/aromatic N) is 3. The first-order valence-electron chi connectivity index (χ1n) is 8.27. The van der Waals surface area contributed by atoms with Gasteiger partial charge < -0.3 is 5.32 Å². The van der Waals surface area contributed by atoms with Crippen LogP contribution in [0.15, 0.2) is 53.2 Å². The van der Waals surface area contributed by atoms with Crippen molar-refractivity contribution in [2.24, 2.45) is 4.99 Å². The van der Waals surface area contributed by atoms with Gasteiger partial charge in [-0.05, 0) is 23.6 Å². The Morgan fingerprint density at radius 1 is 1.33 bits per heavy atom. The summed E-state index contributed by atoms with van der Waals surface area (Å²) in [7, 11) is 0. The topological polar surface area (TPSA) is 60.0 Å². The third-order valence-corrected chi connectivity index (χ3v) is 4.00. The average molecular weight is 327 g/mol. The Bertz CT molecular complexity index is 667. The molecule has 1 aromatic rings. The molecule has 1 fully saturated rings. The highest BCUT2D eigenvalue weighted by Crippen LogP contribution is 2.26. The number of para-hydroxylation sites is 1. The monoisotopic (exact) mass is 327 g/mol. The van der Waals surface area contributed by atoms with E-state index in [9.17, 15) is 5.21 Å². The van der Waals surface area contributed by atoms with Crippen molar-refractivity contribution in [3.63, 3.8) is 0 Å². The molecule has 0 spiro atoms. The van der Waals surface area contributed by atoms with E-state index in [0.29, 0.717) is 30.7 Å². The van der Waals surface area contributed by atoms with E-state index in [2.05, 4.69) is 25.2 Å². The average Bonchev–Trinajstić information content (AvgIpc) is 3.01. The van der Waals surface area contributed by atoms with E-state index in [-0.39, 0.29) is 6.61 Å². The highest BCUT2D eigenvalue weighted by atomic mass is 16.7. The van der Waals surface area contributed by atoms with Crippen molar-refractivity contribution in [1.29, 1.82) is 0 Å². The third-order valence-electron chi connectivity index (χ3n) is 4.00. The van der Waals surface area contributed by atoms with Crippen LogP contribution in [0.5, 0.6) is 0 Å². The van der Waals surface area contributed by atoms with Gasteiger partial charge in [0.25, 0.3) is 0 Å². The number of hydrogen-bond acceptors (Lipinski definition) is 3. The van der Waals surface area contributed by atoms with Crippen molar-refractivity contribution in [3.8, 4) is 0 Å². The van der Waals surface area contributed by atoms with Crippen molar-refractivity contribution < 1.29 is 10.0 Å².